The van der Waals surface area contributed by atoms with E-state index >= 15 is 0 Å². The Balaban J connectivity index is 1.51. The molecular formula is C20H20N2OS. The second-order valence-electron chi connectivity index (χ2n) is 5.72. The molecule has 2 aromatic carbocycles. The normalized spacial score (nSPS) is 10.5. The van der Waals surface area contributed by atoms with Crippen molar-refractivity contribution in [2.75, 3.05) is 6.54 Å². The van der Waals surface area contributed by atoms with E-state index in [-0.39, 0.29) is 5.91 Å². The molecule has 1 aromatic heterocycles. The smallest absolute Gasteiger partial charge is 0.224 e. The first kappa shape index (κ1) is 16.4. The Kier molecular flexibility index (Phi) is 5.39. The molecule has 0 unspecified atom stereocenters. The van der Waals surface area contributed by atoms with Gasteiger partial charge in [0.1, 0.15) is 5.01 Å². The number of nitrogens with one attached hydrogen (secondary N) is 1. The SMILES string of the molecule is Cc1ccccc1-c1nc(CCNC(=O)Cc2ccccc2)cs1. The Morgan fingerprint density at radius 1 is 1.08 bits per heavy atom. The number of carbonyl (C=O) groups excluding carboxylic acids is 1. The molecule has 0 aliphatic carbocycles. The Morgan fingerprint density at radius 3 is 2.62 bits per heavy atom. The van der Waals surface area contributed by atoms with Gasteiger partial charge in [0, 0.05) is 23.9 Å². The second-order valence-corrected chi connectivity index (χ2v) is 6.58. The maximum atomic E-state index is 11.9. The minimum Gasteiger partial charge on any atom is -0.355 e. The summed E-state index contributed by atoms with van der Waals surface area (Å²) in [5.41, 5.74) is 4.47. The lowest BCUT2D eigenvalue weighted by molar-refractivity contribution is -0.120. The Hall–Kier alpha value is -2.46. The molecule has 0 saturated carbocycles. The number of nitrogens with zero attached hydrogens (tertiary/aromatic N) is 1. The summed E-state index contributed by atoms with van der Waals surface area (Å²) in [7, 11) is 0. The highest BCUT2D eigenvalue weighted by atomic mass is 32.1. The minimum atomic E-state index is 0.0514. The van der Waals surface area contributed by atoms with Crippen molar-refractivity contribution in [2.24, 2.45) is 0 Å². The Labute approximate surface area is 146 Å². The molecule has 1 N–H and O–H groups in total. The van der Waals surface area contributed by atoms with E-state index < -0.39 is 0 Å². The molecule has 3 aromatic rings. The third-order valence-corrected chi connectivity index (χ3v) is 4.76. The van der Waals surface area contributed by atoms with Crippen molar-refractivity contribution in [2.45, 2.75) is 19.8 Å². The number of carbonyl (C=O) groups is 1. The lowest BCUT2D eigenvalue weighted by atomic mass is 10.1. The van der Waals surface area contributed by atoms with Crippen molar-refractivity contribution in [1.29, 1.82) is 0 Å². The molecule has 0 bridgehead atoms. The summed E-state index contributed by atoms with van der Waals surface area (Å²) in [6.07, 6.45) is 1.18. The molecule has 0 fully saturated rings. The fourth-order valence-corrected chi connectivity index (χ4v) is 3.48. The second kappa shape index (κ2) is 7.88. The summed E-state index contributed by atoms with van der Waals surface area (Å²) in [6, 6.07) is 18.1. The lowest BCUT2D eigenvalue weighted by Crippen LogP contribution is -2.27. The number of thiazole rings is 1. The van der Waals surface area contributed by atoms with Crippen LogP contribution in [0.3, 0.4) is 0 Å². The van der Waals surface area contributed by atoms with Crippen LogP contribution in [0.25, 0.3) is 10.6 Å². The van der Waals surface area contributed by atoms with E-state index in [4.69, 9.17) is 0 Å². The number of amides is 1. The van der Waals surface area contributed by atoms with Crippen LogP contribution in [0.5, 0.6) is 0 Å². The number of hydrogen-bond acceptors (Lipinski definition) is 3. The lowest BCUT2D eigenvalue weighted by Gasteiger charge is -2.04. The van der Waals surface area contributed by atoms with E-state index in [0.29, 0.717) is 13.0 Å². The van der Waals surface area contributed by atoms with Crippen LogP contribution < -0.4 is 5.32 Å². The van der Waals surface area contributed by atoms with Gasteiger partial charge in [-0.25, -0.2) is 4.98 Å². The van der Waals surface area contributed by atoms with Crippen LogP contribution in [0.4, 0.5) is 0 Å². The van der Waals surface area contributed by atoms with E-state index in [1.54, 1.807) is 11.3 Å². The summed E-state index contributed by atoms with van der Waals surface area (Å²) in [4.78, 5) is 16.6. The number of aromatic nitrogens is 1. The molecule has 3 nitrogen and oxygen atoms in total. The largest absolute Gasteiger partial charge is 0.355 e. The van der Waals surface area contributed by atoms with Crippen molar-refractivity contribution < 1.29 is 4.79 Å². The number of rotatable bonds is 6. The van der Waals surface area contributed by atoms with Gasteiger partial charge in [-0.05, 0) is 18.1 Å². The van der Waals surface area contributed by atoms with Crippen molar-refractivity contribution in [3.63, 3.8) is 0 Å². The van der Waals surface area contributed by atoms with Gasteiger partial charge < -0.3 is 5.32 Å². The summed E-state index contributed by atoms with van der Waals surface area (Å²) >= 11 is 1.65. The van der Waals surface area contributed by atoms with E-state index in [9.17, 15) is 4.79 Å². The van der Waals surface area contributed by atoms with Gasteiger partial charge in [-0.3, -0.25) is 4.79 Å². The van der Waals surface area contributed by atoms with Gasteiger partial charge in [0.05, 0.1) is 12.1 Å². The van der Waals surface area contributed by atoms with E-state index in [1.807, 2.05) is 42.5 Å². The molecule has 0 aliphatic rings. The zero-order valence-electron chi connectivity index (χ0n) is 13.7. The number of hydrogen-bond donors (Lipinski definition) is 1. The maximum absolute atomic E-state index is 11.9. The van der Waals surface area contributed by atoms with Gasteiger partial charge in [-0.2, -0.15) is 0 Å². The molecule has 3 rings (SSSR count). The van der Waals surface area contributed by atoms with Gasteiger partial charge in [0.25, 0.3) is 0 Å². The van der Waals surface area contributed by atoms with Gasteiger partial charge >= 0.3 is 0 Å². The van der Waals surface area contributed by atoms with Crippen molar-refractivity contribution in [1.82, 2.24) is 10.3 Å². The molecule has 24 heavy (non-hydrogen) atoms. The van der Waals surface area contributed by atoms with Crippen molar-refractivity contribution in [3.8, 4) is 10.6 Å². The van der Waals surface area contributed by atoms with Crippen LogP contribution in [0.1, 0.15) is 16.8 Å². The van der Waals surface area contributed by atoms with Gasteiger partial charge in [0.15, 0.2) is 0 Å². The zero-order chi connectivity index (χ0) is 16.8. The molecule has 122 valence electrons. The van der Waals surface area contributed by atoms with E-state index in [0.717, 1.165) is 22.7 Å². The fourth-order valence-electron chi connectivity index (χ4n) is 2.53. The highest BCUT2D eigenvalue weighted by Crippen LogP contribution is 2.26. The highest BCUT2D eigenvalue weighted by Gasteiger charge is 2.08. The van der Waals surface area contributed by atoms with Crippen LogP contribution in [0.15, 0.2) is 60.0 Å². The van der Waals surface area contributed by atoms with Gasteiger partial charge in [-0.1, -0.05) is 54.6 Å². The van der Waals surface area contributed by atoms with Crippen molar-refractivity contribution >= 4 is 17.2 Å². The molecule has 1 amide bonds. The fraction of sp³-hybridized carbons (Fsp3) is 0.200. The van der Waals surface area contributed by atoms with Gasteiger partial charge in [-0.15, -0.1) is 11.3 Å². The zero-order valence-corrected chi connectivity index (χ0v) is 14.5. The summed E-state index contributed by atoms with van der Waals surface area (Å²) < 4.78 is 0. The predicted octanol–water partition coefficient (Wildman–Crippen LogP) is 4.02. The number of aryl methyl sites for hydroxylation is 1. The van der Waals surface area contributed by atoms with Crippen LogP contribution in [-0.2, 0) is 17.6 Å². The highest BCUT2D eigenvalue weighted by molar-refractivity contribution is 7.13. The van der Waals surface area contributed by atoms with Crippen LogP contribution in [0, 0.1) is 6.92 Å². The molecule has 0 atom stereocenters. The molecule has 0 spiro atoms. The monoisotopic (exact) mass is 336 g/mol. The third kappa shape index (κ3) is 4.30. The summed E-state index contributed by atoms with van der Waals surface area (Å²) in [5, 5.41) is 6.08. The number of benzene rings is 2. The van der Waals surface area contributed by atoms with Crippen LogP contribution >= 0.6 is 11.3 Å². The van der Waals surface area contributed by atoms with E-state index in [2.05, 4.69) is 34.7 Å². The maximum Gasteiger partial charge on any atom is 0.224 e. The first-order chi connectivity index (χ1) is 11.7. The van der Waals surface area contributed by atoms with E-state index in [1.165, 1.54) is 11.1 Å². The topological polar surface area (TPSA) is 42.0 Å². The minimum absolute atomic E-state index is 0.0514. The first-order valence-electron chi connectivity index (χ1n) is 8.03. The third-order valence-electron chi connectivity index (χ3n) is 3.84. The average Bonchev–Trinajstić information content (AvgIpc) is 3.05. The standard InChI is InChI=1S/C20H20N2OS/c1-15-7-5-6-10-18(15)20-22-17(14-24-20)11-12-21-19(23)13-16-8-3-2-4-9-16/h2-10,14H,11-13H2,1H3,(H,21,23). The molecule has 0 saturated heterocycles. The van der Waals surface area contributed by atoms with Crippen molar-refractivity contribution in [3.05, 3.63) is 76.8 Å². The van der Waals surface area contributed by atoms with Crippen LogP contribution in [0.2, 0.25) is 0 Å². The molecule has 0 aliphatic heterocycles. The molecule has 0 radical (unpaired) electrons. The molecular weight excluding hydrogens is 316 g/mol. The first-order valence-corrected chi connectivity index (χ1v) is 8.91. The predicted molar refractivity (Wildman–Crippen MR) is 99.1 cm³/mol. The summed E-state index contributed by atoms with van der Waals surface area (Å²) in [5.74, 6) is 0.0514. The quantitative estimate of drug-likeness (QED) is 0.739. The van der Waals surface area contributed by atoms with Crippen LogP contribution in [-0.4, -0.2) is 17.4 Å². The molecule has 1 heterocycles. The Bertz CT molecular complexity index is 811. The molecule has 4 heteroatoms. The Morgan fingerprint density at radius 2 is 1.83 bits per heavy atom. The average molecular weight is 336 g/mol. The summed E-state index contributed by atoms with van der Waals surface area (Å²) in [6.45, 7) is 2.71. The van der Waals surface area contributed by atoms with Gasteiger partial charge in [0.2, 0.25) is 5.91 Å².